The van der Waals surface area contributed by atoms with Crippen molar-refractivity contribution in [2.45, 2.75) is 51.5 Å². The average Bonchev–Trinajstić information content (AvgIpc) is 2.82. The number of hydrogen-bond donors (Lipinski definition) is 1. The van der Waals surface area contributed by atoms with Gasteiger partial charge in [0.25, 0.3) is 10.0 Å². The summed E-state index contributed by atoms with van der Waals surface area (Å²) in [4.78, 5) is 13.3. The van der Waals surface area contributed by atoms with Gasteiger partial charge in [-0.05, 0) is 85.8 Å². The molecule has 192 valence electrons. The molecule has 3 aromatic carbocycles. The highest BCUT2D eigenvalue weighted by Crippen LogP contribution is 2.32. The van der Waals surface area contributed by atoms with E-state index in [0.29, 0.717) is 10.7 Å². The molecule has 1 atom stereocenters. The molecule has 36 heavy (non-hydrogen) atoms. The molecular weight excluding hydrogens is 496 g/mol. The van der Waals surface area contributed by atoms with Crippen LogP contribution in [-0.2, 0) is 14.8 Å². The molecule has 0 unspecified atom stereocenters. The molecule has 0 aliphatic rings. The molecule has 3 aromatic rings. The molecule has 0 aliphatic carbocycles. The lowest BCUT2D eigenvalue weighted by molar-refractivity contribution is -0.120. The third kappa shape index (κ3) is 6.20. The number of rotatable bonds is 9. The van der Waals surface area contributed by atoms with Gasteiger partial charge in [-0.15, -0.1) is 0 Å². The largest absolute Gasteiger partial charge is 0.496 e. The Kier molecular flexibility index (Phi) is 8.69. The van der Waals surface area contributed by atoms with E-state index in [9.17, 15) is 13.2 Å². The van der Waals surface area contributed by atoms with Gasteiger partial charge < -0.3 is 10.1 Å². The van der Waals surface area contributed by atoms with Crippen molar-refractivity contribution in [3.63, 3.8) is 0 Å². The van der Waals surface area contributed by atoms with Gasteiger partial charge in [0.05, 0.1) is 23.7 Å². The van der Waals surface area contributed by atoms with Crippen LogP contribution in [0, 0.1) is 13.8 Å². The van der Waals surface area contributed by atoms with Crippen LogP contribution in [0.4, 0.5) is 5.69 Å². The number of halogens is 1. The lowest BCUT2D eigenvalue weighted by Gasteiger charge is -2.26. The first-order chi connectivity index (χ1) is 16.9. The lowest BCUT2D eigenvalue weighted by Crippen LogP contribution is -2.41. The second kappa shape index (κ2) is 11.4. The molecule has 1 N–H and O–H groups in total. The van der Waals surface area contributed by atoms with Gasteiger partial charge in [0, 0.05) is 5.02 Å². The number of hydrogen-bond acceptors (Lipinski definition) is 4. The Hall–Kier alpha value is -3.03. The molecule has 0 heterocycles. The van der Waals surface area contributed by atoms with E-state index in [-0.39, 0.29) is 16.9 Å². The number of anilines is 1. The predicted octanol–water partition coefficient (Wildman–Crippen LogP) is 6.16. The van der Waals surface area contributed by atoms with Gasteiger partial charge in [0.15, 0.2) is 0 Å². The maximum atomic E-state index is 13.6. The summed E-state index contributed by atoms with van der Waals surface area (Å²) < 4.78 is 33.8. The molecule has 8 heteroatoms. The number of carbonyl (C=O) groups excluding carboxylic acids is 1. The van der Waals surface area contributed by atoms with Crippen molar-refractivity contribution < 1.29 is 17.9 Å². The van der Waals surface area contributed by atoms with Crippen LogP contribution in [0.5, 0.6) is 5.75 Å². The molecule has 0 bridgehead atoms. The minimum absolute atomic E-state index is 0.0986. The number of ether oxygens (including phenoxy) is 1. The van der Waals surface area contributed by atoms with Gasteiger partial charge in [0.1, 0.15) is 12.3 Å². The number of nitrogens with zero attached hydrogens (tertiary/aromatic N) is 1. The van der Waals surface area contributed by atoms with Crippen molar-refractivity contribution in [3.8, 4) is 5.75 Å². The van der Waals surface area contributed by atoms with Crippen molar-refractivity contribution in [3.05, 3.63) is 87.9 Å². The molecular formula is C28H33ClN2O4S. The van der Waals surface area contributed by atoms with Crippen molar-refractivity contribution in [1.82, 2.24) is 5.32 Å². The van der Waals surface area contributed by atoms with E-state index >= 15 is 0 Å². The topological polar surface area (TPSA) is 75.7 Å². The van der Waals surface area contributed by atoms with Gasteiger partial charge in [-0.3, -0.25) is 9.10 Å². The Labute approximate surface area is 219 Å². The fourth-order valence-corrected chi connectivity index (χ4v) is 5.69. The van der Waals surface area contributed by atoms with E-state index in [1.807, 2.05) is 32.9 Å². The van der Waals surface area contributed by atoms with E-state index in [1.165, 1.54) is 18.2 Å². The van der Waals surface area contributed by atoms with Crippen LogP contribution in [0.25, 0.3) is 0 Å². The van der Waals surface area contributed by atoms with Crippen LogP contribution in [0.2, 0.25) is 5.02 Å². The van der Waals surface area contributed by atoms with Gasteiger partial charge in [-0.25, -0.2) is 8.42 Å². The number of nitrogens with one attached hydrogen (secondary N) is 1. The third-order valence-corrected chi connectivity index (χ3v) is 8.10. The van der Waals surface area contributed by atoms with E-state index in [0.717, 1.165) is 32.3 Å². The summed E-state index contributed by atoms with van der Waals surface area (Å²) in [6.45, 7) is 9.50. The van der Waals surface area contributed by atoms with Gasteiger partial charge in [-0.2, -0.15) is 0 Å². The van der Waals surface area contributed by atoms with Crippen molar-refractivity contribution in [1.29, 1.82) is 0 Å². The number of amides is 1. The summed E-state index contributed by atoms with van der Waals surface area (Å²) in [7, 11) is -2.38. The quantitative estimate of drug-likeness (QED) is 0.361. The molecule has 1 amide bonds. The molecule has 0 radical (unpaired) electrons. The first kappa shape index (κ1) is 27.6. The number of carbonyl (C=O) groups is 1. The Bertz CT molecular complexity index is 1340. The van der Waals surface area contributed by atoms with E-state index in [2.05, 4.69) is 19.2 Å². The smallest absolute Gasteiger partial charge is 0.264 e. The highest BCUT2D eigenvalue weighted by atomic mass is 35.5. The second-order valence-corrected chi connectivity index (χ2v) is 11.5. The zero-order valence-corrected chi connectivity index (χ0v) is 23.1. The van der Waals surface area contributed by atoms with E-state index < -0.39 is 22.5 Å². The first-order valence-electron chi connectivity index (χ1n) is 11.8. The van der Waals surface area contributed by atoms with Crippen molar-refractivity contribution >= 4 is 33.2 Å². The fourth-order valence-electron chi connectivity index (χ4n) is 4.09. The summed E-state index contributed by atoms with van der Waals surface area (Å²) in [5.74, 6) is 0.612. The van der Waals surface area contributed by atoms with E-state index in [4.69, 9.17) is 16.3 Å². The molecule has 0 spiro atoms. The summed E-state index contributed by atoms with van der Waals surface area (Å²) in [5.41, 5.74) is 4.22. The van der Waals surface area contributed by atoms with Crippen molar-refractivity contribution in [2.75, 3.05) is 18.0 Å². The number of aryl methyl sites for hydroxylation is 2. The Morgan fingerprint density at radius 3 is 2.25 bits per heavy atom. The van der Waals surface area contributed by atoms with E-state index in [1.54, 1.807) is 37.4 Å². The Balaban J connectivity index is 1.92. The minimum atomic E-state index is -4.02. The molecule has 0 aliphatic heterocycles. The molecule has 6 nitrogen and oxygen atoms in total. The SMILES string of the molecule is COc1cc(C)c([C@@H](C)NC(=O)CN(c2cccc(Cl)c2)S(=O)(=O)c2ccc(C)cc2)cc1C(C)C. The highest BCUT2D eigenvalue weighted by molar-refractivity contribution is 7.92. The maximum Gasteiger partial charge on any atom is 0.264 e. The fraction of sp³-hybridized carbons (Fsp3) is 0.321. The highest BCUT2D eigenvalue weighted by Gasteiger charge is 2.28. The van der Waals surface area contributed by atoms with Crippen LogP contribution >= 0.6 is 11.6 Å². The van der Waals surface area contributed by atoms with Gasteiger partial charge >= 0.3 is 0 Å². The molecule has 0 saturated carbocycles. The zero-order chi connectivity index (χ0) is 26.6. The number of sulfonamides is 1. The zero-order valence-electron chi connectivity index (χ0n) is 21.5. The standard InChI is InChI=1S/C28H33ClN2O4S/c1-18(2)25-16-26(20(4)14-27(25)35-6)21(5)30-28(32)17-31(23-9-7-8-22(29)15-23)36(33,34)24-12-10-19(3)11-13-24/h7-16,18,21H,17H2,1-6H3,(H,30,32)/t21-/m1/s1. The monoisotopic (exact) mass is 528 g/mol. The maximum absolute atomic E-state index is 13.6. The third-order valence-electron chi connectivity index (χ3n) is 6.08. The first-order valence-corrected chi connectivity index (χ1v) is 13.6. The number of benzene rings is 3. The molecule has 3 rings (SSSR count). The molecule has 0 fully saturated rings. The number of methoxy groups -OCH3 is 1. The van der Waals surface area contributed by atoms with Crippen LogP contribution in [-0.4, -0.2) is 28.0 Å². The van der Waals surface area contributed by atoms with Crippen LogP contribution in [0.15, 0.2) is 65.6 Å². The van der Waals surface area contributed by atoms with Crippen LogP contribution < -0.4 is 14.4 Å². The van der Waals surface area contributed by atoms with Crippen LogP contribution in [0.1, 0.15) is 55.0 Å². The van der Waals surface area contributed by atoms with Gasteiger partial charge in [-0.1, -0.05) is 49.2 Å². The second-order valence-electron chi connectivity index (χ2n) is 9.20. The minimum Gasteiger partial charge on any atom is -0.496 e. The average molecular weight is 529 g/mol. The molecule has 0 saturated heterocycles. The van der Waals surface area contributed by atoms with Crippen molar-refractivity contribution in [2.24, 2.45) is 0 Å². The van der Waals surface area contributed by atoms with Crippen LogP contribution in [0.3, 0.4) is 0 Å². The Morgan fingerprint density at radius 2 is 1.67 bits per heavy atom. The summed E-state index contributed by atoms with van der Waals surface area (Å²) in [6, 6.07) is 16.7. The Morgan fingerprint density at radius 1 is 1.00 bits per heavy atom. The summed E-state index contributed by atoms with van der Waals surface area (Å²) >= 11 is 6.16. The molecule has 0 aromatic heterocycles. The predicted molar refractivity (Wildman–Crippen MR) is 146 cm³/mol. The summed E-state index contributed by atoms with van der Waals surface area (Å²) in [5, 5.41) is 3.34. The normalized spacial score (nSPS) is 12.3. The van der Waals surface area contributed by atoms with Gasteiger partial charge in [0.2, 0.25) is 5.91 Å². The summed E-state index contributed by atoms with van der Waals surface area (Å²) in [6.07, 6.45) is 0. The lowest BCUT2D eigenvalue weighted by atomic mass is 9.93.